The van der Waals surface area contributed by atoms with Crippen LogP contribution in [0.1, 0.15) is 46.2 Å². The van der Waals surface area contributed by atoms with E-state index in [-0.39, 0.29) is 37.1 Å². The number of benzene rings is 3. The summed E-state index contributed by atoms with van der Waals surface area (Å²) in [6.45, 7) is -0.0745. The molecule has 0 unspecified atom stereocenters. The van der Waals surface area contributed by atoms with E-state index < -0.39 is 5.97 Å². The molecule has 0 aromatic heterocycles. The number of hydrogen-bond acceptors (Lipinski definition) is 3. The van der Waals surface area contributed by atoms with Crippen molar-refractivity contribution in [2.24, 2.45) is 0 Å². The standard InChI is InChI=1S/C27H23ClO3/c1-2-17-31-27(30)19-25(20-9-5-3-6-10-20)24(21-13-15-23(28)16-14-21)18-26(29)22-11-7-4-8-12-22/h1,3-16,24-25H,17-19H2/t24-,25-/m0/s1. The Bertz CT molecular complexity index is 1040. The van der Waals surface area contributed by atoms with Crippen molar-refractivity contribution in [3.8, 4) is 12.3 Å². The van der Waals surface area contributed by atoms with E-state index in [1.807, 2.05) is 60.7 Å². The van der Waals surface area contributed by atoms with Crippen LogP contribution in [0.3, 0.4) is 0 Å². The molecule has 0 spiro atoms. The molecule has 0 saturated carbocycles. The van der Waals surface area contributed by atoms with Gasteiger partial charge in [0, 0.05) is 22.9 Å². The zero-order valence-electron chi connectivity index (χ0n) is 17.0. The van der Waals surface area contributed by atoms with Gasteiger partial charge in [0.05, 0.1) is 6.42 Å². The molecule has 0 bridgehead atoms. The molecule has 3 rings (SSSR count). The van der Waals surface area contributed by atoms with Gasteiger partial charge in [0.1, 0.15) is 0 Å². The van der Waals surface area contributed by atoms with Crippen LogP contribution in [0.25, 0.3) is 0 Å². The SMILES string of the molecule is C#CCOC(=O)C[C@@H](c1ccccc1)[C@@H](CC(=O)c1ccccc1)c1ccc(Cl)cc1. The molecule has 0 N–H and O–H groups in total. The Morgan fingerprint density at radius 1 is 0.806 bits per heavy atom. The van der Waals surface area contributed by atoms with Gasteiger partial charge < -0.3 is 4.74 Å². The van der Waals surface area contributed by atoms with Crippen molar-refractivity contribution < 1.29 is 14.3 Å². The molecule has 0 fully saturated rings. The molecule has 2 atom stereocenters. The third-order valence-corrected chi connectivity index (χ3v) is 5.47. The van der Waals surface area contributed by atoms with Crippen molar-refractivity contribution >= 4 is 23.4 Å². The second-order valence-electron chi connectivity index (χ2n) is 7.24. The molecule has 3 nitrogen and oxygen atoms in total. The van der Waals surface area contributed by atoms with E-state index in [0.29, 0.717) is 10.6 Å². The fourth-order valence-electron chi connectivity index (χ4n) is 3.70. The van der Waals surface area contributed by atoms with Gasteiger partial charge in [0.2, 0.25) is 0 Å². The van der Waals surface area contributed by atoms with Gasteiger partial charge >= 0.3 is 5.97 Å². The minimum atomic E-state index is -0.391. The minimum Gasteiger partial charge on any atom is -0.452 e. The second kappa shape index (κ2) is 11.2. The first kappa shape index (κ1) is 22.3. The summed E-state index contributed by atoms with van der Waals surface area (Å²) in [4.78, 5) is 25.6. The Morgan fingerprint density at radius 2 is 1.35 bits per heavy atom. The van der Waals surface area contributed by atoms with Crippen LogP contribution < -0.4 is 0 Å². The van der Waals surface area contributed by atoms with Gasteiger partial charge in [-0.25, -0.2) is 0 Å². The van der Waals surface area contributed by atoms with E-state index in [4.69, 9.17) is 22.8 Å². The number of halogens is 1. The normalized spacial score (nSPS) is 12.4. The number of ether oxygens (including phenoxy) is 1. The molecular formula is C27H23ClO3. The number of carbonyl (C=O) groups excluding carboxylic acids is 2. The summed E-state index contributed by atoms with van der Waals surface area (Å²) in [5.74, 6) is 1.43. The molecule has 3 aromatic carbocycles. The average molecular weight is 431 g/mol. The number of esters is 1. The lowest BCUT2D eigenvalue weighted by Gasteiger charge is -2.27. The predicted molar refractivity (Wildman–Crippen MR) is 123 cm³/mol. The van der Waals surface area contributed by atoms with E-state index in [1.54, 1.807) is 24.3 Å². The topological polar surface area (TPSA) is 43.4 Å². The Hall–Kier alpha value is -3.35. The molecule has 4 heteroatoms. The Balaban J connectivity index is 1.99. The van der Waals surface area contributed by atoms with E-state index >= 15 is 0 Å². The average Bonchev–Trinajstić information content (AvgIpc) is 2.81. The van der Waals surface area contributed by atoms with Gasteiger partial charge in [0.25, 0.3) is 0 Å². The van der Waals surface area contributed by atoms with E-state index in [9.17, 15) is 9.59 Å². The fraction of sp³-hybridized carbons (Fsp3) is 0.185. The van der Waals surface area contributed by atoms with Crippen LogP contribution in [0.4, 0.5) is 0 Å². The molecule has 0 heterocycles. The highest BCUT2D eigenvalue weighted by Gasteiger charge is 2.30. The first-order valence-corrected chi connectivity index (χ1v) is 10.4. The van der Waals surface area contributed by atoms with Gasteiger partial charge in [-0.2, -0.15) is 0 Å². The van der Waals surface area contributed by atoms with Crippen LogP contribution in [-0.2, 0) is 9.53 Å². The molecule has 0 amide bonds. The summed E-state index contributed by atoms with van der Waals surface area (Å²) in [5, 5.41) is 0.613. The van der Waals surface area contributed by atoms with Gasteiger partial charge in [-0.1, -0.05) is 90.3 Å². The van der Waals surface area contributed by atoms with Crippen molar-refractivity contribution in [1.82, 2.24) is 0 Å². The quantitative estimate of drug-likeness (QED) is 0.236. The van der Waals surface area contributed by atoms with E-state index in [0.717, 1.165) is 11.1 Å². The third-order valence-electron chi connectivity index (χ3n) is 5.22. The van der Waals surface area contributed by atoms with Gasteiger partial charge in [0.15, 0.2) is 12.4 Å². The molecule has 0 aliphatic rings. The summed E-state index contributed by atoms with van der Waals surface area (Å²) >= 11 is 6.10. The highest BCUT2D eigenvalue weighted by Crippen LogP contribution is 2.39. The van der Waals surface area contributed by atoms with Crippen molar-refractivity contribution in [3.05, 3.63) is 107 Å². The summed E-state index contributed by atoms with van der Waals surface area (Å²) in [5.41, 5.74) is 2.54. The zero-order valence-corrected chi connectivity index (χ0v) is 17.8. The van der Waals surface area contributed by atoms with E-state index in [1.165, 1.54) is 0 Å². The molecule has 0 saturated heterocycles. The maximum absolute atomic E-state index is 13.1. The van der Waals surface area contributed by atoms with Crippen molar-refractivity contribution in [3.63, 3.8) is 0 Å². The van der Waals surface area contributed by atoms with Gasteiger partial charge in [-0.05, 0) is 29.2 Å². The number of Topliss-reactive ketones (excluding diaryl/α,β-unsaturated/α-hetero) is 1. The highest BCUT2D eigenvalue weighted by atomic mass is 35.5. The van der Waals surface area contributed by atoms with E-state index in [2.05, 4.69) is 5.92 Å². The third kappa shape index (κ3) is 6.31. The maximum atomic E-state index is 13.1. The van der Waals surface area contributed by atoms with Crippen molar-refractivity contribution in [1.29, 1.82) is 0 Å². The van der Waals surface area contributed by atoms with Gasteiger partial charge in [-0.3, -0.25) is 9.59 Å². The monoisotopic (exact) mass is 430 g/mol. The second-order valence-corrected chi connectivity index (χ2v) is 7.67. The smallest absolute Gasteiger partial charge is 0.307 e. The Kier molecular flexibility index (Phi) is 8.04. The van der Waals surface area contributed by atoms with Crippen LogP contribution in [0, 0.1) is 12.3 Å². The van der Waals surface area contributed by atoms with Crippen LogP contribution in [-0.4, -0.2) is 18.4 Å². The lowest BCUT2D eigenvalue weighted by atomic mass is 9.76. The Morgan fingerprint density at radius 3 is 1.97 bits per heavy atom. The van der Waals surface area contributed by atoms with Crippen molar-refractivity contribution in [2.45, 2.75) is 24.7 Å². The highest BCUT2D eigenvalue weighted by molar-refractivity contribution is 6.30. The first-order chi connectivity index (χ1) is 15.1. The molecule has 0 aliphatic carbocycles. The summed E-state index contributed by atoms with van der Waals surface area (Å²) in [6, 6.07) is 26.3. The largest absolute Gasteiger partial charge is 0.452 e. The summed E-state index contributed by atoms with van der Waals surface area (Å²) < 4.78 is 5.16. The lowest BCUT2D eigenvalue weighted by molar-refractivity contribution is -0.142. The maximum Gasteiger partial charge on any atom is 0.307 e. The molecule has 31 heavy (non-hydrogen) atoms. The number of hydrogen-bond donors (Lipinski definition) is 0. The molecule has 156 valence electrons. The van der Waals surface area contributed by atoms with Crippen LogP contribution >= 0.6 is 11.6 Å². The lowest BCUT2D eigenvalue weighted by Crippen LogP contribution is -2.20. The van der Waals surface area contributed by atoms with Gasteiger partial charge in [-0.15, -0.1) is 6.42 Å². The minimum absolute atomic E-state index is 0.0125. The number of ketones is 1. The van der Waals surface area contributed by atoms with Crippen LogP contribution in [0.5, 0.6) is 0 Å². The zero-order chi connectivity index (χ0) is 22.1. The predicted octanol–water partition coefficient (Wildman–Crippen LogP) is 6.05. The summed E-state index contributed by atoms with van der Waals surface area (Å²) in [7, 11) is 0. The van der Waals surface area contributed by atoms with Crippen LogP contribution in [0.15, 0.2) is 84.9 Å². The number of carbonyl (C=O) groups is 2. The number of terminal acetylenes is 1. The molecule has 0 aliphatic heterocycles. The Labute approximate surface area is 188 Å². The van der Waals surface area contributed by atoms with Crippen molar-refractivity contribution in [2.75, 3.05) is 6.61 Å². The number of rotatable bonds is 9. The fourth-order valence-corrected chi connectivity index (χ4v) is 3.82. The summed E-state index contributed by atoms with van der Waals surface area (Å²) in [6.07, 6.45) is 5.59. The first-order valence-electron chi connectivity index (χ1n) is 10.1. The molecule has 0 radical (unpaired) electrons. The van der Waals surface area contributed by atoms with Crippen LogP contribution in [0.2, 0.25) is 5.02 Å². The molecular weight excluding hydrogens is 408 g/mol. The molecule has 3 aromatic rings.